The minimum Gasteiger partial charge on any atom is -0.508 e. The first-order valence-electron chi connectivity index (χ1n) is 12.2. The second kappa shape index (κ2) is 8.73. The number of phenolic OH excluding ortho intramolecular Hbond substituents is 1. The van der Waals surface area contributed by atoms with Crippen molar-refractivity contribution in [2.24, 2.45) is 17.6 Å². The number of phenols is 1. The van der Waals surface area contributed by atoms with Crippen LogP contribution in [-0.4, -0.2) is 79.7 Å². The lowest BCUT2D eigenvalue weighted by Gasteiger charge is -2.53. The van der Waals surface area contributed by atoms with Gasteiger partial charge in [-0.3, -0.25) is 19.3 Å². The number of hydrogen-bond donors (Lipinski definition) is 6. The number of likely N-dealkylation sites (N-methyl/N-ethyl adjacent to an activating group) is 1. The van der Waals surface area contributed by atoms with E-state index in [0.29, 0.717) is 11.1 Å². The van der Waals surface area contributed by atoms with Crippen LogP contribution in [0, 0.1) is 17.7 Å². The van der Waals surface area contributed by atoms with Crippen LogP contribution in [0.4, 0.5) is 4.39 Å². The van der Waals surface area contributed by atoms with Crippen molar-refractivity contribution in [3.63, 3.8) is 0 Å². The number of carbonyl (C=O) groups is 3. The Kier molecular flexibility index (Phi) is 5.94. The minimum absolute atomic E-state index is 0.132. The zero-order valence-electron chi connectivity index (χ0n) is 21.2. The zero-order chi connectivity index (χ0) is 28.7. The lowest BCUT2D eigenvalue weighted by Crippen LogP contribution is -2.70. The van der Waals surface area contributed by atoms with Gasteiger partial charge in [-0.05, 0) is 43.3 Å². The molecule has 0 heterocycles. The van der Waals surface area contributed by atoms with Crippen LogP contribution in [0.1, 0.15) is 24.0 Å². The van der Waals surface area contributed by atoms with Gasteiger partial charge in [-0.1, -0.05) is 31.2 Å². The first-order chi connectivity index (χ1) is 18.2. The molecule has 3 aliphatic carbocycles. The predicted molar refractivity (Wildman–Crippen MR) is 136 cm³/mol. The van der Waals surface area contributed by atoms with Crippen molar-refractivity contribution >= 4 is 23.2 Å². The van der Waals surface area contributed by atoms with E-state index in [-0.39, 0.29) is 11.1 Å². The van der Waals surface area contributed by atoms with Crippen molar-refractivity contribution in [2.75, 3.05) is 14.1 Å². The molecule has 0 spiro atoms. The number of benzene rings is 2. The van der Waals surface area contributed by atoms with Gasteiger partial charge in [0.15, 0.2) is 11.4 Å². The van der Waals surface area contributed by atoms with E-state index in [1.807, 2.05) is 0 Å². The first-order valence-corrected chi connectivity index (χ1v) is 12.2. The van der Waals surface area contributed by atoms with Crippen molar-refractivity contribution < 1.29 is 44.3 Å². The Morgan fingerprint density at radius 3 is 2.23 bits per heavy atom. The van der Waals surface area contributed by atoms with Crippen LogP contribution in [0.2, 0.25) is 0 Å². The smallest absolute Gasteiger partial charge is 0.255 e. The number of Topliss-reactive ketones (excluding diaryl/α,β-unsaturated/α-hetero) is 2. The highest BCUT2D eigenvalue weighted by Gasteiger charge is 2.68. The topological polar surface area (TPSA) is 182 Å². The summed E-state index contributed by atoms with van der Waals surface area (Å²) in [5, 5.41) is 56.9. The van der Waals surface area contributed by atoms with Crippen LogP contribution in [-0.2, 0) is 14.4 Å². The molecule has 1 fully saturated rings. The lowest BCUT2D eigenvalue weighted by molar-refractivity contribution is -0.169. The van der Waals surface area contributed by atoms with Crippen LogP contribution in [0.15, 0.2) is 53.3 Å². The summed E-state index contributed by atoms with van der Waals surface area (Å²) in [6.07, 6.45) is -1.67. The number of aromatic hydroxyl groups is 1. The quantitative estimate of drug-likeness (QED) is 0.314. The van der Waals surface area contributed by atoms with Gasteiger partial charge in [0.25, 0.3) is 5.91 Å². The Morgan fingerprint density at radius 1 is 1.05 bits per heavy atom. The predicted octanol–water partition coefficient (Wildman–Crippen LogP) is 1.30. The highest BCUT2D eigenvalue weighted by atomic mass is 19.1. The highest BCUT2D eigenvalue weighted by molar-refractivity contribution is 6.24. The van der Waals surface area contributed by atoms with Gasteiger partial charge in [0.05, 0.1) is 23.6 Å². The van der Waals surface area contributed by atoms with Crippen molar-refractivity contribution in [1.82, 2.24) is 4.90 Å². The van der Waals surface area contributed by atoms with Crippen LogP contribution < -0.4 is 5.73 Å². The van der Waals surface area contributed by atoms with Crippen LogP contribution in [0.25, 0.3) is 16.9 Å². The maximum atomic E-state index is 14.0. The van der Waals surface area contributed by atoms with Gasteiger partial charge in [-0.15, -0.1) is 0 Å². The van der Waals surface area contributed by atoms with E-state index in [0.717, 1.165) is 0 Å². The number of ketones is 2. The molecule has 0 bridgehead atoms. The number of rotatable bonds is 3. The Balaban J connectivity index is 1.78. The largest absolute Gasteiger partial charge is 0.508 e. The number of aliphatic hydroxyl groups excluding tert-OH is 3. The molecule has 2 aromatic rings. The fourth-order valence-electron chi connectivity index (χ4n) is 6.48. The molecule has 39 heavy (non-hydrogen) atoms. The van der Waals surface area contributed by atoms with Crippen LogP contribution >= 0.6 is 0 Å². The van der Waals surface area contributed by atoms with Crippen LogP contribution in [0.3, 0.4) is 0 Å². The van der Waals surface area contributed by atoms with Crippen molar-refractivity contribution in [1.29, 1.82) is 0 Å². The first kappa shape index (κ1) is 26.5. The lowest BCUT2D eigenvalue weighted by atomic mass is 9.54. The molecule has 6 atom stereocenters. The average Bonchev–Trinajstić information content (AvgIpc) is 2.86. The summed E-state index contributed by atoms with van der Waals surface area (Å²) in [6, 6.07) is 6.98. The van der Waals surface area contributed by atoms with E-state index in [1.54, 1.807) is 19.1 Å². The number of halogens is 1. The molecule has 5 rings (SSSR count). The molecule has 1 saturated carbocycles. The Hall–Kier alpha value is -4.06. The molecule has 1 amide bonds. The molecule has 0 aliphatic heterocycles. The van der Waals surface area contributed by atoms with Gasteiger partial charge in [0.2, 0.25) is 5.78 Å². The Bertz CT molecular complexity index is 1510. The molecule has 7 N–H and O–H groups in total. The molecular formula is C28H27FN2O8. The molecule has 0 aromatic heterocycles. The fraction of sp³-hybridized carbons (Fsp3) is 0.321. The fourth-order valence-corrected chi connectivity index (χ4v) is 6.48. The van der Waals surface area contributed by atoms with E-state index in [9.17, 15) is 44.3 Å². The molecule has 0 saturated heterocycles. The third-order valence-electron chi connectivity index (χ3n) is 8.28. The number of amides is 1. The van der Waals surface area contributed by atoms with Gasteiger partial charge in [-0.2, -0.15) is 0 Å². The molecule has 3 aliphatic rings. The second-order valence-electron chi connectivity index (χ2n) is 10.5. The molecule has 0 radical (unpaired) electrons. The summed E-state index contributed by atoms with van der Waals surface area (Å²) in [6.45, 7) is 1.65. The summed E-state index contributed by atoms with van der Waals surface area (Å²) in [5.74, 6) is -10.0. The SMILES string of the molecule is C[C@H]1c2ccc(-c3ccc(F)cc3)c(O)c2C(O)=C2C(=O)[C@]3(O)C(O)=C(C(N)=O)C(=O)C(N(C)C)[C@@H]3[C@@H](O)[C@@H]21. The number of hydrogen-bond acceptors (Lipinski definition) is 9. The molecule has 11 heteroatoms. The van der Waals surface area contributed by atoms with Gasteiger partial charge in [-0.25, -0.2) is 4.39 Å². The molecule has 204 valence electrons. The molecule has 1 unspecified atom stereocenters. The Labute approximate surface area is 222 Å². The third-order valence-corrected chi connectivity index (χ3v) is 8.28. The van der Waals surface area contributed by atoms with Crippen molar-refractivity contribution in [2.45, 2.75) is 30.6 Å². The number of fused-ring (bicyclic) bond motifs is 3. The van der Waals surface area contributed by atoms with Crippen molar-refractivity contribution in [3.8, 4) is 16.9 Å². The third kappa shape index (κ3) is 3.40. The standard InChI is InChI=1S/C28H27FN2O8/c1-10-13-8-9-14(11-4-6-12(29)7-5-11)21(32)16(13)22(33)17-15(10)23(34)19-20(31(2)3)24(35)18(27(30)38)26(37)28(19,39)25(17)36/h4-10,15,19-20,23,32-34,37,39H,1-3H3,(H2,30,38)/t10-,15+,19+,20?,23-,28-/m0/s1. The molecule has 2 aromatic carbocycles. The van der Waals surface area contributed by atoms with E-state index in [2.05, 4.69) is 0 Å². The summed E-state index contributed by atoms with van der Waals surface area (Å²) < 4.78 is 13.5. The summed E-state index contributed by atoms with van der Waals surface area (Å²) in [4.78, 5) is 40.6. The van der Waals surface area contributed by atoms with E-state index in [1.165, 1.54) is 43.3 Å². The number of aliphatic hydroxyl groups is 4. The van der Waals surface area contributed by atoms with E-state index in [4.69, 9.17) is 5.73 Å². The van der Waals surface area contributed by atoms with E-state index >= 15 is 0 Å². The number of nitrogens with two attached hydrogens (primary N) is 1. The monoisotopic (exact) mass is 538 g/mol. The average molecular weight is 539 g/mol. The normalized spacial score (nSPS) is 30.3. The highest BCUT2D eigenvalue weighted by Crippen LogP contribution is 2.56. The number of carbonyl (C=O) groups excluding carboxylic acids is 3. The van der Waals surface area contributed by atoms with Gasteiger partial charge >= 0.3 is 0 Å². The summed E-state index contributed by atoms with van der Waals surface area (Å²) in [5.41, 5.74) is 1.78. The maximum Gasteiger partial charge on any atom is 0.255 e. The van der Waals surface area contributed by atoms with Crippen molar-refractivity contribution in [3.05, 3.63) is 70.2 Å². The van der Waals surface area contributed by atoms with Gasteiger partial charge < -0.3 is 31.3 Å². The van der Waals surface area contributed by atoms with Crippen LogP contribution in [0.5, 0.6) is 5.75 Å². The maximum absolute atomic E-state index is 14.0. The number of primary amides is 1. The van der Waals surface area contributed by atoms with E-state index < -0.39 is 87.2 Å². The van der Waals surface area contributed by atoms with Gasteiger partial charge in [0, 0.05) is 17.1 Å². The van der Waals surface area contributed by atoms with Gasteiger partial charge in [0.1, 0.15) is 28.7 Å². The molecular weight excluding hydrogens is 511 g/mol. The summed E-state index contributed by atoms with van der Waals surface area (Å²) >= 11 is 0. The Morgan fingerprint density at radius 2 is 1.67 bits per heavy atom. The number of nitrogens with zero attached hydrogens (tertiary/aromatic N) is 1. The zero-order valence-corrected chi connectivity index (χ0v) is 21.2. The minimum atomic E-state index is -2.98. The second-order valence-corrected chi connectivity index (χ2v) is 10.5. The molecule has 10 nitrogen and oxygen atoms in total. The summed E-state index contributed by atoms with van der Waals surface area (Å²) in [7, 11) is 2.89.